The quantitative estimate of drug-likeness (QED) is 0.779. The molecule has 3 rings (SSSR count). The third kappa shape index (κ3) is 4.28. The first kappa shape index (κ1) is 18.9. The molecule has 0 aromatic heterocycles. The summed E-state index contributed by atoms with van der Waals surface area (Å²) in [7, 11) is -3.94. The van der Waals surface area contributed by atoms with Gasteiger partial charge < -0.3 is 19.6 Å². The van der Waals surface area contributed by atoms with E-state index in [9.17, 15) is 18.3 Å². The maximum absolute atomic E-state index is 12.2. The lowest BCUT2D eigenvalue weighted by molar-refractivity contribution is 0.101. The molecule has 2 heterocycles. The van der Waals surface area contributed by atoms with Crippen molar-refractivity contribution in [3.63, 3.8) is 0 Å². The minimum atomic E-state index is -3.94. The van der Waals surface area contributed by atoms with Crippen LogP contribution in [0, 0.1) is 5.92 Å². The molecule has 0 atom stereocenters. The van der Waals surface area contributed by atoms with E-state index in [0.717, 1.165) is 32.4 Å². The minimum Gasteiger partial charge on any atom is -0.492 e. The lowest BCUT2D eigenvalue weighted by Crippen LogP contribution is -2.52. The molecule has 0 saturated carbocycles. The Labute approximate surface area is 153 Å². The highest BCUT2D eigenvalue weighted by molar-refractivity contribution is 7.89. The average Bonchev–Trinajstić information content (AvgIpc) is 2.58. The number of piperidine rings is 1. The van der Waals surface area contributed by atoms with Crippen molar-refractivity contribution in [2.24, 2.45) is 11.1 Å². The second kappa shape index (κ2) is 7.81. The van der Waals surface area contributed by atoms with Crippen molar-refractivity contribution in [2.45, 2.75) is 30.8 Å². The van der Waals surface area contributed by atoms with Gasteiger partial charge in [-0.05, 0) is 42.9 Å². The number of urea groups is 1. The number of likely N-dealkylation sites (tertiary alicyclic amines) is 2. The predicted octanol–water partition coefficient (Wildman–Crippen LogP) is 0.743. The van der Waals surface area contributed by atoms with Crippen LogP contribution >= 0.6 is 0 Å². The van der Waals surface area contributed by atoms with Crippen LogP contribution in [-0.2, 0) is 16.6 Å². The molecule has 0 bridgehead atoms. The zero-order chi connectivity index (χ0) is 18.7. The summed E-state index contributed by atoms with van der Waals surface area (Å²) in [6, 6.07) is 4.58. The largest absolute Gasteiger partial charge is 0.492 e. The van der Waals surface area contributed by atoms with Gasteiger partial charge in [0.05, 0.1) is 13.2 Å². The van der Waals surface area contributed by atoms with E-state index in [4.69, 9.17) is 9.88 Å². The molecule has 2 amide bonds. The lowest BCUT2D eigenvalue weighted by Gasteiger charge is -2.39. The van der Waals surface area contributed by atoms with Crippen molar-refractivity contribution in [2.75, 3.05) is 32.8 Å². The normalized spacial score (nSPS) is 18.5. The van der Waals surface area contributed by atoms with Gasteiger partial charge in [0.2, 0.25) is 10.0 Å². The Balaban J connectivity index is 1.56. The fraction of sp³-hybridized carbons (Fsp3) is 0.588. The van der Waals surface area contributed by atoms with Crippen molar-refractivity contribution < 1.29 is 23.1 Å². The van der Waals surface area contributed by atoms with Crippen LogP contribution in [0.4, 0.5) is 4.79 Å². The Morgan fingerprint density at radius 3 is 2.38 bits per heavy atom. The van der Waals surface area contributed by atoms with Crippen LogP contribution in [0.15, 0.2) is 23.1 Å². The number of aliphatic hydroxyl groups excluding tert-OH is 1. The van der Waals surface area contributed by atoms with Gasteiger partial charge in [-0.15, -0.1) is 0 Å². The number of aliphatic hydroxyl groups is 1. The molecule has 0 unspecified atom stereocenters. The SMILES string of the molecule is NS(=O)(=O)c1cc(CO)ccc1OCC1CCN(C(=O)N2CCC2)CC1. The van der Waals surface area contributed by atoms with Crippen LogP contribution in [0.5, 0.6) is 5.75 Å². The van der Waals surface area contributed by atoms with E-state index in [1.807, 2.05) is 9.80 Å². The Morgan fingerprint density at radius 2 is 1.85 bits per heavy atom. The zero-order valence-electron chi connectivity index (χ0n) is 14.6. The average molecular weight is 383 g/mol. The summed E-state index contributed by atoms with van der Waals surface area (Å²) in [6.07, 6.45) is 2.72. The number of carbonyl (C=O) groups is 1. The standard InChI is InChI=1S/C17H25N3O5S/c18-26(23,24)16-10-14(11-21)2-3-15(16)25-12-13-4-8-20(9-5-13)17(22)19-6-1-7-19/h2-3,10,13,21H,1,4-9,11-12H2,(H2,18,23,24). The molecule has 1 aromatic carbocycles. The van der Waals surface area contributed by atoms with E-state index in [0.29, 0.717) is 25.3 Å². The summed E-state index contributed by atoms with van der Waals surface area (Å²) >= 11 is 0. The number of nitrogens with zero attached hydrogens (tertiary/aromatic N) is 2. The van der Waals surface area contributed by atoms with Crippen molar-refractivity contribution >= 4 is 16.1 Å². The number of nitrogens with two attached hydrogens (primary N) is 1. The molecule has 0 radical (unpaired) electrons. The summed E-state index contributed by atoms with van der Waals surface area (Å²) in [4.78, 5) is 15.8. The van der Waals surface area contributed by atoms with Crippen molar-refractivity contribution in [3.05, 3.63) is 23.8 Å². The summed E-state index contributed by atoms with van der Waals surface area (Å²) < 4.78 is 29.2. The molecule has 8 nitrogen and oxygen atoms in total. The molecule has 2 saturated heterocycles. The highest BCUT2D eigenvalue weighted by Crippen LogP contribution is 2.27. The smallest absolute Gasteiger partial charge is 0.319 e. The summed E-state index contributed by atoms with van der Waals surface area (Å²) in [5.74, 6) is 0.449. The topological polar surface area (TPSA) is 113 Å². The van der Waals surface area contributed by atoms with Crippen molar-refractivity contribution in [3.8, 4) is 5.75 Å². The van der Waals surface area contributed by atoms with Crippen molar-refractivity contribution in [1.82, 2.24) is 9.80 Å². The second-order valence-electron chi connectivity index (χ2n) is 6.85. The number of carbonyl (C=O) groups excluding carboxylic acids is 1. The first-order chi connectivity index (χ1) is 12.4. The van der Waals surface area contributed by atoms with Gasteiger partial charge in [-0.2, -0.15) is 0 Å². The van der Waals surface area contributed by atoms with E-state index in [2.05, 4.69) is 0 Å². The van der Waals surface area contributed by atoms with Gasteiger partial charge in [0, 0.05) is 26.2 Å². The minimum absolute atomic E-state index is 0.116. The van der Waals surface area contributed by atoms with Crippen LogP contribution in [0.25, 0.3) is 0 Å². The number of rotatable bonds is 5. The molecule has 2 fully saturated rings. The van der Waals surface area contributed by atoms with Crippen LogP contribution in [0.3, 0.4) is 0 Å². The van der Waals surface area contributed by atoms with E-state index in [1.165, 1.54) is 12.1 Å². The van der Waals surface area contributed by atoms with E-state index in [-0.39, 0.29) is 29.2 Å². The summed E-state index contributed by atoms with van der Waals surface area (Å²) in [5.41, 5.74) is 0.458. The monoisotopic (exact) mass is 383 g/mol. The van der Waals surface area contributed by atoms with E-state index < -0.39 is 10.0 Å². The maximum Gasteiger partial charge on any atom is 0.319 e. The zero-order valence-corrected chi connectivity index (χ0v) is 15.5. The van der Waals surface area contributed by atoms with Gasteiger partial charge in [0.1, 0.15) is 10.6 Å². The molecule has 0 aliphatic carbocycles. The third-order valence-electron chi connectivity index (χ3n) is 4.98. The summed E-state index contributed by atoms with van der Waals surface area (Å²) in [5, 5.41) is 14.4. The van der Waals surface area contributed by atoms with Gasteiger partial charge in [0.15, 0.2) is 0 Å². The molecule has 2 aliphatic heterocycles. The number of benzene rings is 1. The molecule has 3 N–H and O–H groups in total. The van der Waals surface area contributed by atoms with E-state index >= 15 is 0 Å². The van der Waals surface area contributed by atoms with Crippen molar-refractivity contribution in [1.29, 1.82) is 0 Å². The Kier molecular flexibility index (Phi) is 5.69. The van der Waals surface area contributed by atoms with Crippen LogP contribution in [0.1, 0.15) is 24.8 Å². The molecule has 26 heavy (non-hydrogen) atoms. The number of hydrogen-bond donors (Lipinski definition) is 2. The Hall–Kier alpha value is -1.84. The van der Waals surface area contributed by atoms with Crippen LogP contribution < -0.4 is 9.88 Å². The highest BCUT2D eigenvalue weighted by atomic mass is 32.2. The fourth-order valence-corrected chi connectivity index (χ4v) is 3.92. The van der Waals surface area contributed by atoms with Gasteiger partial charge in [-0.1, -0.05) is 6.07 Å². The number of hydrogen-bond acceptors (Lipinski definition) is 5. The molecule has 144 valence electrons. The molecule has 1 aromatic rings. The lowest BCUT2D eigenvalue weighted by atomic mass is 9.98. The van der Waals surface area contributed by atoms with Gasteiger partial charge in [0.25, 0.3) is 0 Å². The second-order valence-corrected chi connectivity index (χ2v) is 8.38. The van der Waals surface area contributed by atoms with Crippen LogP contribution in [-0.4, -0.2) is 62.1 Å². The summed E-state index contributed by atoms with van der Waals surface area (Å²) in [6.45, 7) is 3.17. The van der Waals surface area contributed by atoms with Crippen LogP contribution in [0.2, 0.25) is 0 Å². The first-order valence-electron chi connectivity index (χ1n) is 8.81. The maximum atomic E-state index is 12.2. The van der Waals surface area contributed by atoms with Gasteiger partial charge in [-0.3, -0.25) is 0 Å². The first-order valence-corrected chi connectivity index (χ1v) is 10.4. The number of ether oxygens (including phenoxy) is 1. The number of primary sulfonamides is 1. The van der Waals surface area contributed by atoms with Gasteiger partial charge in [-0.25, -0.2) is 18.4 Å². The van der Waals surface area contributed by atoms with E-state index in [1.54, 1.807) is 6.07 Å². The molecule has 2 aliphatic rings. The molecule has 0 spiro atoms. The number of sulfonamides is 1. The third-order valence-corrected chi connectivity index (χ3v) is 5.92. The Bertz CT molecular complexity index is 756. The molecule has 9 heteroatoms. The Morgan fingerprint density at radius 1 is 1.19 bits per heavy atom. The number of amides is 2. The molecular formula is C17H25N3O5S. The highest BCUT2D eigenvalue weighted by Gasteiger charge is 2.29. The fourth-order valence-electron chi connectivity index (χ4n) is 3.20. The predicted molar refractivity (Wildman–Crippen MR) is 95.1 cm³/mol. The molecular weight excluding hydrogens is 358 g/mol. The van der Waals surface area contributed by atoms with Gasteiger partial charge >= 0.3 is 6.03 Å².